The van der Waals surface area contributed by atoms with Crippen LogP contribution in [0.2, 0.25) is 5.02 Å². The predicted molar refractivity (Wildman–Crippen MR) is 78.3 cm³/mol. The Morgan fingerprint density at radius 3 is 2.78 bits per heavy atom. The molecule has 0 atom stereocenters. The average Bonchev–Trinajstić information content (AvgIpc) is 2.34. The van der Waals surface area contributed by atoms with Gasteiger partial charge in [0.2, 0.25) is 0 Å². The minimum Gasteiger partial charge on any atom is -0.367 e. The molecule has 1 aromatic heterocycles. The van der Waals surface area contributed by atoms with Crippen molar-refractivity contribution >= 4 is 28.2 Å². The van der Waals surface area contributed by atoms with E-state index in [-0.39, 0.29) is 0 Å². The number of hydrogen-bond acceptors (Lipinski definition) is 3. The van der Waals surface area contributed by atoms with Gasteiger partial charge in [0, 0.05) is 41.4 Å². The number of nitrogens with zero attached hydrogens (tertiary/aromatic N) is 2. The minimum atomic E-state index is 0.398. The number of fused-ring (bicyclic) bond motifs is 1. The first-order chi connectivity index (χ1) is 8.63. The quantitative estimate of drug-likeness (QED) is 0.922. The lowest BCUT2D eigenvalue weighted by molar-refractivity contribution is 0.686. The summed E-state index contributed by atoms with van der Waals surface area (Å²) in [5.41, 5.74) is 7.78. The van der Waals surface area contributed by atoms with Gasteiger partial charge in [0.1, 0.15) is 0 Å². The van der Waals surface area contributed by atoms with Gasteiger partial charge in [-0.05, 0) is 38.1 Å². The molecule has 0 aliphatic rings. The molecular formula is C14H18ClN3. The second-order valence-corrected chi connectivity index (χ2v) is 5.00. The molecule has 2 N–H and O–H groups in total. The second kappa shape index (κ2) is 5.55. The van der Waals surface area contributed by atoms with Crippen molar-refractivity contribution in [3.63, 3.8) is 0 Å². The van der Waals surface area contributed by atoms with Gasteiger partial charge >= 0.3 is 0 Å². The van der Waals surface area contributed by atoms with Crippen LogP contribution in [-0.4, -0.2) is 24.1 Å². The summed E-state index contributed by atoms with van der Waals surface area (Å²) in [6, 6.07) is 8.24. The summed E-state index contributed by atoms with van der Waals surface area (Å²) in [6.45, 7) is 5.80. The van der Waals surface area contributed by atoms with Crippen LogP contribution in [-0.2, 0) is 0 Å². The van der Waals surface area contributed by atoms with E-state index in [1.54, 1.807) is 0 Å². The van der Waals surface area contributed by atoms with E-state index in [1.165, 1.54) is 0 Å². The van der Waals surface area contributed by atoms with Crippen LogP contribution in [0.5, 0.6) is 0 Å². The van der Waals surface area contributed by atoms with Crippen molar-refractivity contribution < 1.29 is 0 Å². The number of aromatic nitrogens is 1. The molecule has 0 aliphatic heterocycles. The molecule has 1 heterocycles. The van der Waals surface area contributed by atoms with Gasteiger partial charge in [-0.2, -0.15) is 0 Å². The zero-order valence-electron chi connectivity index (χ0n) is 10.7. The summed E-state index contributed by atoms with van der Waals surface area (Å²) >= 11 is 6.00. The number of nitrogens with two attached hydrogens (primary N) is 1. The molecular weight excluding hydrogens is 246 g/mol. The fourth-order valence-corrected chi connectivity index (χ4v) is 2.32. The van der Waals surface area contributed by atoms with Crippen LogP contribution in [0.15, 0.2) is 30.5 Å². The van der Waals surface area contributed by atoms with Gasteiger partial charge in [-0.15, -0.1) is 0 Å². The largest absolute Gasteiger partial charge is 0.367 e. The predicted octanol–water partition coefficient (Wildman–Crippen LogP) is 3.06. The first-order valence-corrected chi connectivity index (χ1v) is 6.52. The Bertz CT molecular complexity index is 540. The molecule has 1 aromatic carbocycles. The highest BCUT2D eigenvalue weighted by molar-refractivity contribution is 6.31. The molecule has 2 aromatic rings. The molecule has 0 unspecified atom stereocenters. The van der Waals surface area contributed by atoms with Crippen LogP contribution < -0.4 is 10.6 Å². The minimum absolute atomic E-state index is 0.398. The highest BCUT2D eigenvalue weighted by Gasteiger charge is 2.13. The van der Waals surface area contributed by atoms with Gasteiger partial charge in [0.15, 0.2) is 0 Å². The fraction of sp³-hybridized carbons (Fsp3) is 0.357. The number of rotatable bonds is 4. The number of halogens is 1. The van der Waals surface area contributed by atoms with E-state index in [4.69, 9.17) is 17.3 Å². The SMILES string of the molecule is CC(C)N(CCN)c1ccnc2cc(Cl)ccc12. The summed E-state index contributed by atoms with van der Waals surface area (Å²) in [7, 11) is 0. The van der Waals surface area contributed by atoms with Crippen LogP contribution in [0.1, 0.15) is 13.8 Å². The molecule has 0 aliphatic carbocycles. The standard InChI is InChI=1S/C14H18ClN3/c1-10(2)18(8-6-16)14-5-7-17-13-9-11(15)3-4-12(13)14/h3-5,7,9-10H,6,8,16H2,1-2H3. The van der Waals surface area contributed by atoms with Crippen LogP contribution >= 0.6 is 11.6 Å². The summed E-state index contributed by atoms with van der Waals surface area (Å²) in [5, 5.41) is 1.83. The van der Waals surface area contributed by atoms with Gasteiger partial charge in [-0.1, -0.05) is 11.6 Å². The van der Waals surface area contributed by atoms with Crippen molar-refractivity contribution in [3.8, 4) is 0 Å². The monoisotopic (exact) mass is 263 g/mol. The molecule has 0 fully saturated rings. The molecule has 0 spiro atoms. The summed E-state index contributed by atoms with van der Waals surface area (Å²) in [5.74, 6) is 0. The normalized spacial score (nSPS) is 11.2. The Hall–Kier alpha value is -1.32. The van der Waals surface area contributed by atoms with Crippen LogP contribution in [0.3, 0.4) is 0 Å². The Labute approximate surface area is 113 Å². The Morgan fingerprint density at radius 2 is 2.11 bits per heavy atom. The highest BCUT2D eigenvalue weighted by atomic mass is 35.5. The van der Waals surface area contributed by atoms with Crippen molar-refractivity contribution in [1.29, 1.82) is 0 Å². The third kappa shape index (κ3) is 2.57. The van der Waals surface area contributed by atoms with Crippen LogP contribution in [0, 0.1) is 0 Å². The molecule has 18 heavy (non-hydrogen) atoms. The third-order valence-electron chi connectivity index (χ3n) is 2.98. The maximum atomic E-state index is 6.00. The molecule has 0 saturated carbocycles. The van der Waals surface area contributed by atoms with Crippen LogP contribution in [0.25, 0.3) is 10.9 Å². The highest BCUT2D eigenvalue weighted by Crippen LogP contribution is 2.28. The lowest BCUT2D eigenvalue weighted by atomic mass is 10.1. The topological polar surface area (TPSA) is 42.1 Å². The van der Waals surface area contributed by atoms with Crippen molar-refractivity contribution in [2.75, 3.05) is 18.0 Å². The number of anilines is 1. The average molecular weight is 264 g/mol. The smallest absolute Gasteiger partial charge is 0.0737 e. The maximum absolute atomic E-state index is 6.00. The van der Waals surface area contributed by atoms with E-state index in [9.17, 15) is 0 Å². The second-order valence-electron chi connectivity index (χ2n) is 4.57. The van der Waals surface area contributed by atoms with E-state index < -0.39 is 0 Å². The lowest BCUT2D eigenvalue weighted by Crippen LogP contribution is -2.35. The van der Waals surface area contributed by atoms with E-state index >= 15 is 0 Å². The molecule has 4 heteroatoms. The van der Waals surface area contributed by atoms with Gasteiger partial charge in [0.25, 0.3) is 0 Å². The van der Waals surface area contributed by atoms with Crippen molar-refractivity contribution in [1.82, 2.24) is 4.98 Å². The van der Waals surface area contributed by atoms with E-state index in [0.29, 0.717) is 17.6 Å². The Morgan fingerprint density at radius 1 is 1.33 bits per heavy atom. The molecule has 0 bridgehead atoms. The van der Waals surface area contributed by atoms with Gasteiger partial charge in [-0.25, -0.2) is 0 Å². The molecule has 0 amide bonds. The zero-order valence-corrected chi connectivity index (χ0v) is 11.5. The van der Waals surface area contributed by atoms with Gasteiger partial charge < -0.3 is 10.6 Å². The summed E-state index contributed by atoms with van der Waals surface area (Å²) in [6.07, 6.45) is 1.82. The maximum Gasteiger partial charge on any atom is 0.0737 e. The van der Waals surface area contributed by atoms with Crippen LogP contribution in [0.4, 0.5) is 5.69 Å². The number of pyridine rings is 1. The first-order valence-electron chi connectivity index (χ1n) is 6.14. The molecule has 0 radical (unpaired) electrons. The van der Waals surface area contributed by atoms with Crippen molar-refractivity contribution in [3.05, 3.63) is 35.5 Å². The molecule has 2 rings (SSSR count). The Balaban J connectivity index is 2.55. The first kappa shape index (κ1) is 13.1. The van der Waals surface area contributed by atoms with E-state index in [1.807, 2.05) is 30.5 Å². The third-order valence-corrected chi connectivity index (χ3v) is 3.22. The van der Waals surface area contributed by atoms with Gasteiger partial charge in [0.05, 0.1) is 5.52 Å². The van der Waals surface area contributed by atoms with Crippen molar-refractivity contribution in [2.45, 2.75) is 19.9 Å². The van der Waals surface area contributed by atoms with E-state index in [0.717, 1.165) is 23.1 Å². The van der Waals surface area contributed by atoms with Crippen molar-refractivity contribution in [2.24, 2.45) is 5.73 Å². The number of benzene rings is 1. The van der Waals surface area contributed by atoms with Gasteiger partial charge in [-0.3, -0.25) is 4.98 Å². The molecule has 0 saturated heterocycles. The summed E-state index contributed by atoms with van der Waals surface area (Å²) < 4.78 is 0. The molecule has 3 nitrogen and oxygen atoms in total. The number of hydrogen-bond donors (Lipinski definition) is 1. The lowest BCUT2D eigenvalue weighted by Gasteiger charge is -2.29. The van der Waals surface area contributed by atoms with E-state index in [2.05, 4.69) is 23.7 Å². The molecule has 96 valence electrons. The Kier molecular flexibility index (Phi) is 4.04. The summed E-state index contributed by atoms with van der Waals surface area (Å²) in [4.78, 5) is 6.65. The fourth-order valence-electron chi connectivity index (χ4n) is 2.15. The zero-order chi connectivity index (χ0) is 13.1.